The molecule has 1 aliphatic heterocycles. The van der Waals surface area contributed by atoms with E-state index in [9.17, 15) is 9.90 Å². The van der Waals surface area contributed by atoms with Crippen LogP contribution in [0.25, 0.3) is 0 Å². The highest BCUT2D eigenvalue weighted by atomic mass is 32.2. The molecule has 2 aliphatic rings. The normalized spacial score (nSPS) is 26.1. The maximum absolute atomic E-state index is 11.8. The molecular formula is C14H19N3O2S. The lowest BCUT2D eigenvalue weighted by atomic mass is 9.84. The minimum atomic E-state index is -1.01. The number of hydrogen-bond donors (Lipinski definition) is 1. The van der Waals surface area contributed by atoms with Gasteiger partial charge in [-0.3, -0.25) is 4.79 Å². The van der Waals surface area contributed by atoms with Crippen LogP contribution in [-0.2, 0) is 10.4 Å². The molecule has 1 aromatic rings. The van der Waals surface area contributed by atoms with Gasteiger partial charge in [-0.05, 0) is 25.0 Å². The molecule has 3 rings (SSSR count). The van der Waals surface area contributed by atoms with Gasteiger partial charge in [-0.25, -0.2) is 9.97 Å². The lowest BCUT2D eigenvalue weighted by Gasteiger charge is -2.29. The molecule has 0 aromatic carbocycles. The fraction of sp³-hybridized carbons (Fsp3) is 0.643. The average molecular weight is 293 g/mol. The van der Waals surface area contributed by atoms with Crippen molar-refractivity contribution in [1.82, 2.24) is 9.97 Å². The number of aliphatic hydroxyl groups is 1. The van der Waals surface area contributed by atoms with Crippen molar-refractivity contribution in [2.45, 2.75) is 43.4 Å². The van der Waals surface area contributed by atoms with Gasteiger partial charge in [0.1, 0.15) is 11.3 Å². The molecular weight excluding hydrogens is 274 g/mol. The van der Waals surface area contributed by atoms with E-state index in [0.717, 1.165) is 25.7 Å². The summed E-state index contributed by atoms with van der Waals surface area (Å²) < 4.78 is 0. The first kappa shape index (κ1) is 13.8. The number of anilines is 1. The predicted molar refractivity (Wildman–Crippen MR) is 77.7 cm³/mol. The van der Waals surface area contributed by atoms with Crippen LogP contribution in [0.4, 0.5) is 5.69 Å². The lowest BCUT2D eigenvalue weighted by molar-refractivity contribution is -0.117. The van der Waals surface area contributed by atoms with Crippen molar-refractivity contribution in [1.29, 1.82) is 0 Å². The van der Waals surface area contributed by atoms with Crippen LogP contribution in [0.15, 0.2) is 11.4 Å². The van der Waals surface area contributed by atoms with Crippen molar-refractivity contribution >= 4 is 23.4 Å². The molecule has 1 aromatic heterocycles. The largest absolute Gasteiger partial charge is 0.381 e. The number of fused-ring (bicyclic) bond motifs is 1. The number of hydrogen-bond acceptors (Lipinski definition) is 5. The van der Waals surface area contributed by atoms with Crippen LogP contribution in [-0.4, -0.2) is 33.8 Å². The average Bonchev–Trinajstić information content (AvgIpc) is 3.06. The zero-order valence-electron chi connectivity index (χ0n) is 11.8. The van der Waals surface area contributed by atoms with Crippen LogP contribution < -0.4 is 4.90 Å². The molecule has 6 heteroatoms. The van der Waals surface area contributed by atoms with Crippen LogP contribution in [0.3, 0.4) is 0 Å². The minimum Gasteiger partial charge on any atom is -0.381 e. The second-order valence-electron chi connectivity index (χ2n) is 5.60. The van der Waals surface area contributed by atoms with E-state index in [2.05, 4.69) is 9.97 Å². The molecule has 0 spiro atoms. The van der Waals surface area contributed by atoms with Crippen LogP contribution in [0, 0.1) is 5.92 Å². The van der Waals surface area contributed by atoms with E-state index in [1.54, 1.807) is 11.1 Å². The van der Waals surface area contributed by atoms with Crippen LogP contribution in [0.5, 0.6) is 0 Å². The maximum Gasteiger partial charge on any atom is 0.224 e. The van der Waals surface area contributed by atoms with Crippen molar-refractivity contribution in [3.8, 4) is 0 Å². The summed E-state index contributed by atoms with van der Waals surface area (Å²) >= 11 is 1.45. The molecule has 0 bridgehead atoms. The molecule has 1 atom stereocenters. The van der Waals surface area contributed by atoms with Crippen molar-refractivity contribution in [3.05, 3.63) is 11.9 Å². The van der Waals surface area contributed by atoms with Gasteiger partial charge in [-0.2, -0.15) is 0 Å². The third-order valence-corrected chi connectivity index (χ3v) is 5.00. The summed E-state index contributed by atoms with van der Waals surface area (Å²) in [4.78, 5) is 22.2. The van der Waals surface area contributed by atoms with Gasteiger partial charge in [-0.1, -0.05) is 24.6 Å². The molecule has 0 saturated heterocycles. The summed E-state index contributed by atoms with van der Waals surface area (Å²) in [5.41, 5.74) is 0.300. The number of aromatic nitrogens is 2. The molecule has 1 fully saturated rings. The van der Waals surface area contributed by atoms with Gasteiger partial charge in [-0.15, -0.1) is 0 Å². The molecule has 1 amide bonds. The SMILES string of the molecule is CSc1ncc2c(n1)C(O)(C1CCCC1)CN2C(C)=O. The Balaban J connectivity index is 2.08. The molecule has 5 nitrogen and oxygen atoms in total. The molecule has 1 N–H and O–H groups in total. The fourth-order valence-electron chi connectivity index (χ4n) is 3.38. The first-order valence-corrected chi connectivity index (χ1v) is 8.20. The van der Waals surface area contributed by atoms with Crippen molar-refractivity contribution in [2.75, 3.05) is 17.7 Å². The molecule has 1 saturated carbocycles. The predicted octanol–water partition coefficient (Wildman–Crippen LogP) is 1.94. The number of β-amino-alcohol motifs (C(OH)–C–C–N with tert-alkyl or cyclic N) is 1. The Morgan fingerprint density at radius 3 is 2.80 bits per heavy atom. The third kappa shape index (κ3) is 2.02. The van der Waals surface area contributed by atoms with Gasteiger partial charge in [0.05, 0.1) is 18.4 Å². The highest BCUT2D eigenvalue weighted by Gasteiger charge is 2.50. The summed E-state index contributed by atoms with van der Waals surface area (Å²) in [7, 11) is 0. The fourth-order valence-corrected chi connectivity index (χ4v) is 3.72. The van der Waals surface area contributed by atoms with E-state index < -0.39 is 5.60 Å². The molecule has 108 valence electrons. The molecule has 20 heavy (non-hydrogen) atoms. The Morgan fingerprint density at radius 1 is 1.50 bits per heavy atom. The van der Waals surface area contributed by atoms with Gasteiger partial charge in [0.25, 0.3) is 0 Å². The lowest BCUT2D eigenvalue weighted by Crippen LogP contribution is -2.41. The van der Waals surface area contributed by atoms with Crippen LogP contribution in [0.2, 0.25) is 0 Å². The van der Waals surface area contributed by atoms with E-state index in [0.29, 0.717) is 23.1 Å². The van der Waals surface area contributed by atoms with E-state index in [1.807, 2.05) is 6.26 Å². The highest BCUT2D eigenvalue weighted by Crippen LogP contribution is 2.47. The maximum atomic E-state index is 11.8. The third-order valence-electron chi connectivity index (χ3n) is 4.44. The van der Waals surface area contributed by atoms with Crippen molar-refractivity contribution in [3.63, 3.8) is 0 Å². The Labute approximate surface area is 122 Å². The standard InChI is InChI=1S/C14H19N3O2S/c1-9(18)17-8-14(19,10-5-3-4-6-10)12-11(17)7-15-13(16-12)20-2/h7,10,19H,3-6,8H2,1-2H3. The monoisotopic (exact) mass is 293 g/mol. The van der Waals surface area contributed by atoms with Gasteiger partial charge >= 0.3 is 0 Å². The van der Waals surface area contributed by atoms with Crippen molar-refractivity contribution in [2.24, 2.45) is 5.92 Å². The summed E-state index contributed by atoms with van der Waals surface area (Å²) in [5.74, 6) is 0.121. The first-order chi connectivity index (χ1) is 9.56. The zero-order chi connectivity index (χ0) is 14.3. The second-order valence-corrected chi connectivity index (χ2v) is 6.37. The number of nitrogens with zero attached hydrogens (tertiary/aromatic N) is 3. The van der Waals surface area contributed by atoms with E-state index >= 15 is 0 Å². The van der Waals surface area contributed by atoms with Gasteiger partial charge in [0.2, 0.25) is 5.91 Å². The number of thioether (sulfide) groups is 1. The Kier molecular flexibility index (Phi) is 3.46. The summed E-state index contributed by atoms with van der Waals surface area (Å²) in [6, 6.07) is 0. The smallest absolute Gasteiger partial charge is 0.224 e. The Hall–Kier alpha value is -1.14. The second kappa shape index (κ2) is 5.00. The van der Waals surface area contributed by atoms with Gasteiger partial charge < -0.3 is 10.0 Å². The summed E-state index contributed by atoms with van der Waals surface area (Å²) in [5, 5.41) is 11.8. The van der Waals surface area contributed by atoms with Gasteiger partial charge in [0.15, 0.2) is 5.16 Å². The minimum absolute atomic E-state index is 0.0688. The summed E-state index contributed by atoms with van der Waals surface area (Å²) in [6.07, 6.45) is 7.86. The van der Waals surface area contributed by atoms with Crippen molar-refractivity contribution < 1.29 is 9.90 Å². The molecule has 2 heterocycles. The number of carbonyl (C=O) groups is 1. The van der Waals surface area contributed by atoms with E-state index in [-0.39, 0.29) is 11.8 Å². The van der Waals surface area contributed by atoms with Gasteiger partial charge in [0, 0.05) is 6.92 Å². The summed E-state index contributed by atoms with van der Waals surface area (Å²) in [6.45, 7) is 1.83. The van der Waals surface area contributed by atoms with E-state index in [1.165, 1.54) is 18.7 Å². The number of carbonyl (C=O) groups excluding carboxylic acids is 1. The van der Waals surface area contributed by atoms with Crippen LogP contribution in [0.1, 0.15) is 38.3 Å². The highest BCUT2D eigenvalue weighted by molar-refractivity contribution is 7.98. The zero-order valence-corrected chi connectivity index (χ0v) is 12.6. The van der Waals surface area contributed by atoms with Crippen LogP contribution >= 0.6 is 11.8 Å². The Bertz CT molecular complexity index is 545. The number of amides is 1. The number of rotatable bonds is 2. The van der Waals surface area contributed by atoms with E-state index in [4.69, 9.17) is 0 Å². The topological polar surface area (TPSA) is 66.3 Å². The molecule has 1 aliphatic carbocycles. The quantitative estimate of drug-likeness (QED) is 0.667. The molecule has 1 unspecified atom stereocenters. The first-order valence-electron chi connectivity index (χ1n) is 6.98. The molecule has 0 radical (unpaired) electrons. The Morgan fingerprint density at radius 2 is 2.20 bits per heavy atom.